The van der Waals surface area contributed by atoms with E-state index in [4.69, 9.17) is 0 Å². The van der Waals surface area contributed by atoms with Gasteiger partial charge in [0.05, 0.1) is 11.4 Å². The number of hydrogen-bond acceptors (Lipinski definition) is 4. The quantitative estimate of drug-likeness (QED) is 0.177. The molecule has 318 valence electrons. The van der Waals surface area contributed by atoms with Gasteiger partial charge in [0.2, 0.25) is 0 Å². The van der Waals surface area contributed by atoms with Gasteiger partial charge in [-0.3, -0.25) is 19.9 Å². The first-order chi connectivity index (χ1) is 28.9. The van der Waals surface area contributed by atoms with Crippen LogP contribution in [0.1, 0.15) is 133 Å². The molecule has 5 aromatic rings. The molecule has 0 N–H and O–H groups in total. The van der Waals surface area contributed by atoms with Crippen LogP contribution in [-0.4, -0.2) is 19.9 Å². The highest BCUT2D eigenvalue weighted by Crippen LogP contribution is 2.31. The molecule has 0 amide bonds. The third kappa shape index (κ3) is 12.5. The summed E-state index contributed by atoms with van der Waals surface area (Å²) in [7, 11) is 0. The van der Waals surface area contributed by atoms with Crippen LogP contribution in [-0.2, 0) is 32.1 Å². The lowest BCUT2D eigenvalue weighted by Crippen LogP contribution is -1.94. The normalized spacial score (nSPS) is 14.5. The maximum atomic E-state index is 4.34. The van der Waals surface area contributed by atoms with Gasteiger partial charge in [0.1, 0.15) is 0 Å². The van der Waals surface area contributed by atoms with Gasteiger partial charge >= 0.3 is 0 Å². The highest BCUT2D eigenvalue weighted by atomic mass is 14.7. The predicted molar refractivity (Wildman–Crippen MR) is 263 cm³/mol. The van der Waals surface area contributed by atoms with Crippen molar-refractivity contribution in [1.82, 2.24) is 19.9 Å². The minimum atomic E-state index is 0. The Bertz CT molecular complexity index is 2010. The summed E-state index contributed by atoms with van der Waals surface area (Å²) < 4.78 is 0. The minimum Gasteiger partial charge on any atom is -0.264 e. The number of nitrogens with zero attached hydrogens (tertiary/aromatic N) is 4. The third-order valence-electron chi connectivity index (χ3n) is 12.1. The largest absolute Gasteiger partial charge is 0.264 e. The van der Waals surface area contributed by atoms with E-state index >= 15 is 0 Å². The van der Waals surface area contributed by atoms with E-state index in [0.29, 0.717) is 29.6 Å². The maximum Gasteiger partial charge on any atom is 0.0664 e. The summed E-state index contributed by atoms with van der Waals surface area (Å²) in [6.07, 6.45) is 28.3. The number of rotatable bonds is 5. The first-order valence-corrected chi connectivity index (χ1v) is 22.2. The van der Waals surface area contributed by atoms with Crippen LogP contribution in [0.4, 0.5) is 0 Å². The number of benzene rings is 1. The topological polar surface area (TPSA) is 51.6 Å². The molecule has 0 bridgehead atoms. The molecule has 5 aliphatic carbocycles. The predicted octanol–water partition coefficient (Wildman–Crippen LogP) is 14.6. The maximum absolute atomic E-state index is 4.34. The summed E-state index contributed by atoms with van der Waals surface area (Å²) in [5, 5.41) is 0. The van der Waals surface area contributed by atoms with Crippen LogP contribution in [0.15, 0.2) is 126 Å². The van der Waals surface area contributed by atoms with Gasteiger partial charge in [-0.05, 0) is 130 Å². The second kappa shape index (κ2) is 21.9. The molecule has 0 radical (unpaired) electrons. The van der Waals surface area contributed by atoms with Gasteiger partial charge in [-0.1, -0.05) is 165 Å². The third-order valence-corrected chi connectivity index (χ3v) is 12.1. The van der Waals surface area contributed by atoms with Crippen LogP contribution in [0, 0.1) is 29.6 Å². The van der Waals surface area contributed by atoms with Gasteiger partial charge in [-0.2, -0.15) is 0 Å². The average Bonchev–Trinajstić information content (AvgIpc) is 4.09. The molecule has 4 heterocycles. The molecule has 0 saturated carbocycles. The Morgan fingerprint density at radius 1 is 0.361 bits per heavy atom. The van der Waals surface area contributed by atoms with E-state index in [9.17, 15) is 0 Å². The van der Waals surface area contributed by atoms with Crippen molar-refractivity contribution in [3.63, 3.8) is 0 Å². The lowest BCUT2D eigenvalue weighted by Gasteiger charge is -2.04. The van der Waals surface area contributed by atoms with Gasteiger partial charge < -0.3 is 0 Å². The monoisotopic (exact) mass is 811 g/mol. The lowest BCUT2D eigenvalue weighted by molar-refractivity contribution is 0.750. The summed E-state index contributed by atoms with van der Waals surface area (Å²) >= 11 is 0. The second-order valence-corrected chi connectivity index (χ2v) is 18.2. The fraction of sp³-hybridized carbons (Fsp3) is 0.368. The molecule has 4 aromatic heterocycles. The van der Waals surface area contributed by atoms with E-state index in [1.165, 1.54) is 78.2 Å². The van der Waals surface area contributed by atoms with E-state index in [1.54, 1.807) is 5.57 Å². The van der Waals surface area contributed by atoms with Crippen molar-refractivity contribution in [2.45, 2.75) is 109 Å². The van der Waals surface area contributed by atoms with Crippen molar-refractivity contribution in [3.05, 3.63) is 182 Å². The molecular weight excluding hydrogens is 741 g/mol. The Kier molecular flexibility index (Phi) is 16.7. The molecule has 0 spiro atoms. The van der Waals surface area contributed by atoms with Crippen LogP contribution in [0.2, 0.25) is 0 Å². The zero-order chi connectivity index (χ0) is 42.8. The molecule has 4 nitrogen and oxygen atoms in total. The molecule has 61 heavy (non-hydrogen) atoms. The summed E-state index contributed by atoms with van der Waals surface area (Å²) in [6.45, 7) is 22.4. The fourth-order valence-corrected chi connectivity index (χ4v) is 7.91. The molecule has 1 aromatic carbocycles. The van der Waals surface area contributed by atoms with E-state index < -0.39 is 0 Å². The zero-order valence-corrected chi connectivity index (χ0v) is 37.8. The van der Waals surface area contributed by atoms with Crippen molar-refractivity contribution in [2.24, 2.45) is 29.6 Å². The van der Waals surface area contributed by atoms with Crippen molar-refractivity contribution in [2.75, 3.05) is 0 Å². The number of hydrogen-bond donors (Lipinski definition) is 0. The zero-order valence-electron chi connectivity index (χ0n) is 37.8. The highest BCUT2D eigenvalue weighted by Gasteiger charge is 2.18. The van der Waals surface area contributed by atoms with Gasteiger partial charge in [-0.15, -0.1) is 0 Å². The van der Waals surface area contributed by atoms with Crippen LogP contribution in [0.25, 0.3) is 30.4 Å². The van der Waals surface area contributed by atoms with Gasteiger partial charge in [0.15, 0.2) is 0 Å². The standard InChI is InChI=1S/C12H14.4C11H13N.CH4/c1-9(2)12-7-10-5-3-4-6-11(10)8-12;2*1-8(2)10-5-9-3-4-12-7-11(9)6-10;2*1-8(2)10-6-9-4-3-5-12-11(9)7-10;/h3-7,9H,8H2,1-2H3;3-4,6-8H,5H2,1-2H3;2*3-5,7-8H,6H2,1-2H3;3-6,8H,7H2,1-2H3;1H4. The highest BCUT2D eigenvalue weighted by molar-refractivity contribution is 5.65. The Morgan fingerprint density at radius 3 is 1.39 bits per heavy atom. The smallest absolute Gasteiger partial charge is 0.0664 e. The van der Waals surface area contributed by atoms with Crippen LogP contribution in [0.5, 0.6) is 0 Å². The first kappa shape index (κ1) is 46.6. The molecule has 0 saturated heterocycles. The SMILES string of the molecule is C.CC(C)C1=Cc2ccccc2C1.CC(C)C1=Cc2cccnc2C1.CC(C)C1=Cc2ccncc2C1.CC(C)C1=Cc2cnccc2C1.CC(C)C1=Cc2ncccc2C1. The second-order valence-electron chi connectivity index (χ2n) is 18.2. The van der Waals surface area contributed by atoms with Crippen LogP contribution < -0.4 is 0 Å². The fourth-order valence-electron chi connectivity index (χ4n) is 7.91. The Morgan fingerprint density at radius 2 is 0.803 bits per heavy atom. The lowest BCUT2D eigenvalue weighted by atomic mass is 10.0. The number of pyridine rings is 4. The molecule has 0 fully saturated rings. The minimum absolute atomic E-state index is 0. The van der Waals surface area contributed by atoms with Gasteiger partial charge in [0, 0.05) is 43.6 Å². The molecule has 5 aliphatic rings. The number of allylic oxidation sites excluding steroid dienone is 5. The van der Waals surface area contributed by atoms with E-state index in [1.807, 2.05) is 49.3 Å². The Labute approximate surface area is 368 Å². The average molecular weight is 811 g/mol. The van der Waals surface area contributed by atoms with Crippen LogP contribution >= 0.6 is 0 Å². The van der Waals surface area contributed by atoms with Crippen molar-refractivity contribution in [1.29, 1.82) is 0 Å². The molecule has 0 aliphatic heterocycles. The van der Waals surface area contributed by atoms with Crippen LogP contribution in [0.3, 0.4) is 0 Å². The van der Waals surface area contributed by atoms with E-state index in [0.717, 1.165) is 32.1 Å². The summed E-state index contributed by atoms with van der Waals surface area (Å²) in [5.41, 5.74) is 21.1. The molecule has 0 unspecified atom stereocenters. The summed E-state index contributed by atoms with van der Waals surface area (Å²) in [5.74, 6) is 3.32. The molecule has 10 rings (SSSR count). The van der Waals surface area contributed by atoms with Crippen molar-refractivity contribution < 1.29 is 0 Å². The van der Waals surface area contributed by atoms with Gasteiger partial charge in [-0.25, -0.2) is 0 Å². The van der Waals surface area contributed by atoms with Crippen molar-refractivity contribution >= 4 is 30.4 Å². The van der Waals surface area contributed by atoms with E-state index in [-0.39, 0.29) is 7.43 Å². The van der Waals surface area contributed by atoms with Crippen molar-refractivity contribution in [3.8, 4) is 0 Å². The molecule has 4 heteroatoms. The summed E-state index contributed by atoms with van der Waals surface area (Å²) in [4.78, 5) is 16.9. The van der Waals surface area contributed by atoms with Gasteiger partial charge in [0.25, 0.3) is 0 Å². The number of aromatic nitrogens is 4. The molecular formula is C57H70N4. The Hall–Kier alpha value is -5.48. The Balaban J connectivity index is 0.000000144. The summed E-state index contributed by atoms with van der Waals surface area (Å²) in [6, 6.07) is 21.2. The number of fused-ring (bicyclic) bond motifs is 5. The molecule has 0 atom stereocenters. The van der Waals surface area contributed by atoms with E-state index in [2.05, 4.69) is 168 Å². The first-order valence-electron chi connectivity index (χ1n) is 22.2.